The second kappa shape index (κ2) is 3.34. The molecule has 0 aliphatic heterocycles. The van der Waals surface area contributed by atoms with Gasteiger partial charge in [0.25, 0.3) is 5.91 Å². The molecule has 0 spiro atoms. The van der Waals surface area contributed by atoms with Crippen LogP contribution in [0.25, 0.3) is 0 Å². The zero-order valence-electron chi connectivity index (χ0n) is 7.97. The van der Waals surface area contributed by atoms with Crippen molar-refractivity contribution in [1.82, 2.24) is 4.98 Å². The molecule has 5 heteroatoms. The first-order valence-electron chi connectivity index (χ1n) is 4.58. The third-order valence-corrected chi connectivity index (χ3v) is 2.32. The number of rotatable bonds is 3. The number of ether oxygens (including phenoxy) is 1. The molecule has 2 rings (SSSR count). The molecule has 2 N–H and O–H groups in total. The van der Waals surface area contributed by atoms with E-state index in [0.29, 0.717) is 12.8 Å². The maximum Gasteiger partial charge on any atom is 0.357 e. The molecule has 1 fully saturated rings. The first kappa shape index (κ1) is 9.64. The van der Waals surface area contributed by atoms with Gasteiger partial charge in [0.05, 0.1) is 0 Å². The third-order valence-electron chi connectivity index (χ3n) is 2.32. The highest BCUT2D eigenvalue weighted by molar-refractivity contribution is 5.93. The molecule has 0 aromatic carbocycles. The number of hydrogen-bond acceptors (Lipinski definition) is 4. The van der Waals surface area contributed by atoms with Gasteiger partial charge in [0.2, 0.25) is 0 Å². The van der Waals surface area contributed by atoms with E-state index in [1.165, 1.54) is 12.3 Å². The summed E-state index contributed by atoms with van der Waals surface area (Å²) in [5.74, 6) is -1.20. The van der Waals surface area contributed by atoms with E-state index in [4.69, 9.17) is 10.5 Å². The highest BCUT2D eigenvalue weighted by Gasteiger charge is 2.53. The van der Waals surface area contributed by atoms with Crippen LogP contribution < -0.4 is 5.73 Å². The molecule has 0 atom stereocenters. The van der Waals surface area contributed by atoms with E-state index in [1.807, 2.05) is 0 Å². The number of amides is 1. The second-order valence-electron chi connectivity index (χ2n) is 3.46. The van der Waals surface area contributed by atoms with Gasteiger partial charge in [-0.1, -0.05) is 6.07 Å². The summed E-state index contributed by atoms with van der Waals surface area (Å²) in [6.45, 7) is 0. The molecule has 1 saturated carbocycles. The van der Waals surface area contributed by atoms with Gasteiger partial charge in [-0.25, -0.2) is 9.78 Å². The molecule has 0 bridgehead atoms. The molecule has 1 aliphatic carbocycles. The quantitative estimate of drug-likeness (QED) is 0.719. The minimum Gasteiger partial charge on any atom is -0.444 e. The van der Waals surface area contributed by atoms with Gasteiger partial charge < -0.3 is 10.5 Å². The lowest BCUT2D eigenvalue weighted by molar-refractivity contribution is -0.128. The fourth-order valence-corrected chi connectivity index (χ4v) is 1.23. The molecule has 1 heterocycles. The Labute approximate surface area is 86.2 Å². The lowest BCUT2D eigenvalue weighted by Gasteiger charge is -2.11. The molecule has 1 amide bonds. The van der Waals surface area contributed by atoms with Gasteiger partial charge in [0, 0.05) is 19.0 Å². The number of hydrogen-bond donors (Lipinski definition) is 1. The van der Waals surface area contributed by atoms with Gasteiger partial charge in [-0.15, -0.1) is 0 Å². The van der Waals surface area contributed by atoms with Crippen LogP contribution in [0.4, 0.5) is 0 Å². The summed E-state index contributed by atoms with van der Waals surface area (Å²) < 4.78 is 5.02. The summed E-state index contributed by atoms with van der Waals surface area (Å²) in [7, 11) is 0. The van der Waals surface area contributed by atoms with Crippen molar-refractivity contribution in [2.75, 3.05) is 0 Å². The zero-order chi connectivity index (χ0) is 10.9. The van der Waals surface area contributed by atoms with Crippen LogP contribution in [-0.4, -0.2) is 22.5 Å². The van der Waals surface area contributed by atoms with Crippen LogP contribution >= 0.6 is 0 Å². The normalized spacial score (nSPS) is 16.8. The van der Waals surface area contributed by atoms with Crippen molar-refractivity contribution in [3.63, 3.8) is 0 Å². The molecule has 0 unspecified atom stereocenters. The molecule has 1 aromatic rings. The third kappa shape index (κ3) is 1.81. The lowest BCUT2D eigenvalue weighted by Crippen LogP contribution is -2.35. The molecule has 1 aliphatic rings. The van der Waals surface area contributed by atoms with E-state index in [1.54, 1.807) is 12.1 Å². The molecule has 15 heavy (non-hydrogen) atoms. The van der Waals surface area contributed by atoms with Gasteiger partial charge in [-0.3, -0.25) is 4.79 Å². The van der Waals surface area contributed by atoms with Gasteiger partial charge in [-0.2, -0.15) is 0 Å². The number of nitrogens with two attached hydrogens (primary N) is 1. The largest absolute Gasteiger partial charge is 0.444 e. The molecule has 78 valence electrons. The van der Waals surface area contributed by atoms with Crippen molar-refractivity contribution in [1.29, 1.82) is 0 Å². The molecular weight excluding hydrogens is 196 g/mol. The minimum absolute atomic E-state index is 0.185. The van der Waals surface area contributed by atoms with E-state index < -0.39 is 17.5 Å². The Hall–Kier alpha value is -1.91. The summed E-state index contributed by atoms with van der Waals surface area (Å²) in [6, 6.07) is 4.89. The van der Waals surface area contributed by atoms with E-state index in [-0.39, 0.29) is 5.69 Å². The van der Waals surface area contributed by atoms with Crippen LogP contribution in [0.2, 0.25) is 0 Å². The first-order valence-corrected chi connectivity index (χ1v) is 4.58. The number of pyridine rings is 1. The average molecular weight is 206 g/mol. The van der Waals surface area contributed by atoms with E-state index in [0.717, 1.165) is 0 Å². The SMILES string of the molecule is NC(=O)C1(OC(=O)c2ccccn2)CC1. The summed E-state index contributed by atoms with van der Waals surface area (Å²) in [5, 5.41) is 0. The number of esters is 1. The van der Waals surface area contributed by atoms with Crippen LogP contribution in [0, 0.1) is 0 Å². The predicted molar refractivity (Wildman–Crippen MR) is 50.8 cm³/mol. The van der Waals surface area contributed by atoms with Crippen LogP contribution in [0.3, 0.4) is 0 Å². The van der Waals surface area contributed by atoms with Crippen LogP contribution in [0.1, 0.15) is 23.3 Å². The standard InChI is InChI=1S/C10H10N2O3/c11-9(14)10(4-5-10)15-8(13)7-3-1-2-6-12-7/h1-3,6H,4-5H2,(H2,11,14). The molecule has 1 aromatic heterocycles. The Bertz CT molecular complexity index is 398. The van der Waals surface area contributed by atoms with Crippen molar-refractivity contribution in [2.24, 2.45) is 5.73 Å². The Morgan fingerprint density at radius 3 is 2.60 bits per heavy atom. The maximum atomic E-state index is 11.5. The molecule has 0 saturated heterocycles. The van der Waals surface area contributed by atoms with Crippen LogP contribution in [0.5, 0.6) is 0 Å². The van der Waals surface area contributed by atoms with Crippen LogP contribution in [0.15, 0.2) is 24.4 Å². The minimum atomic E-state index is -1.07. The number of primary amides is 1. The number of carbonyl (C=O) groups is 2. The van der Waals surface area contributed by atoms with Crippen molar-refractivity contribution in [3.05, 3.63) is 30.1 Å². The lowest BCUT2D eigenvalue weighted by atomic mass is 10.3. The maximum absolute atomic E-state index is 11.5. The molecule has 5 nitrogen and oxygen atoms in total. The number of nitrogens with zero attached hydrogens (tertiary/aromatic N) is 1. The highest BCUT2D eigenvalue weighted by atomic mass is 16.6. The van der Waals surface area contributed by atoms with Crippen molar-refractivity contribution < 1.29 is 14.3 Å². The fraction of sp³-hybridized carbons (Fsp3) is 0.300. The molecule has 0 radical (unpaired) electrons. The first-order chi connectivity index (χ1) is 7.14. The summed E-state index contributed by atoms with van der Waals surface area (Å²) >= 11 is 0. The fourth-order valence-electron chi connectivity index (χ4n) is 1.23. The van der Waals surface area contributed by atoms with Crippen molar-refractivity contribution >= 4 is 11.9 Å². The van der Waals surface area contributed by atoms with Gasteiger partial charge in [0.15, 0.2) is 5.60 Å². The van der Waals surface area contributed by atoms with E-state index in [2.05, 4.69) is 4.98 Å². The Balaban J connectivity index is 2.08. The summed E-state index contributed by atoms with van der Waals surface area (Å²) in [4.78, 5) is 26.3. The highest BCUT2D eigenvalue weighted by Crippen LogP contribution is 2.39. The summed E-state index contributed by atoms with van der Waals surface area (Å²) in [6.07, 6.45) is 2.49. The zero-order valence-corrected chi connectivity index (χ0v) is 7.97. The molecular formula is C10H10N2O3. The van der Waals surface area contributed by atoms with Crippen molar-refractivity contribution in [2.45, 2.75) is 18.4 Å². The van der Waals surface area contributed by atoms with Crippen molar-refractivity contribution in [3.8, 4) is 0 Å². The van der Waals surface area contributed by atoms with Gasteiger partial charge in [0.1, 0.15) is 5.69 Å². The second-order valence-corrected chi connectivity index (χ2v) is 3.46. The average Bonchev–Trinajstić information content (AvgIpc) is 3.00. The monoisotopic (exact) mass is 206 g/mol. The Morgan fingerprint density at radius 2 is 2.13 bits per heavy atom. The van der Waals surface area contributed by atoms with E-state index in [9.17, 15) is 9.59 Å². The van der Waals surface area contributed by atoms with Crippen LogP contribution in [-0.2, 0) is 9.53 Å². The van der Waals surface area contributed by atoms with Gasteiger partial charge in [-0.05, 0) is 12.1 Å². The van der Waals surface area contributed by atoms with Gasteiger partial charge >= 0.3 is 5.97 Å². The smallest absolute Gasteiger partial charge is 0.357 e. The Morgan fingerprint density at radius 1 is 1.40 bits per heavy atom. The van der Waals surface area contributed by atoms with E-state index >= 15 is 0 Å². The Kier molecular flexibility index (Phi) is 2.15. The topological polar surface area (TPSA) is 82.3 Å². The predicted octanol–water partition coefficient (Wildman–Crippen LogP) is 0.256. The number of carbonyl (C=O) groups excluding carboxylic acids is 2. The number of aromatic nitrogens is 1. The summed E-state index contributed by atoms with van der Waals surface area (Å²) in [5.41, 5.74) is 4.23.